The van der Waals surface area contributed by atoms with Crippen LogP contribution in [0.15, 0.2) is 0 Å². The van der Waals surface area contributed by atoms with Crippen molar-refractivity contribution in [2.45, 2.75) is 6.29 Å². The van der Waals surface area contributed by atoms with E-state index in [-0.39, 0.29) is 0 Å². The molecule has 2 atom stereocenters. The number of aliphatic hydroxyl groups is 2. The summed E-state index contributed by atoms with van der Waals surface area (Å²) in [6.07, 6.45) is -1.61. The van der Waals surface area contributed by atoms with Crippen LogP contribution in [0.1, 0.15) is 0 Å². The Morgan fingerprint density at radius 3 is 2.50 bits per heavy atom. The molecule has 0 heterocycles. The molecule has 0 saturated heterocycles. The van der Waals surface area contributed by atoms with Gasteiger partial charge in [0.1, 0.15) is 0 Å². The summed E-state index contributed by atoms with van der Waals surface area (Å²) in [6.45, 7) is -0.719. The Morgan fingerprint density at radius 1 is 1.88 bits per heavy atom. The second-order valence-electron chi connectivity index (χ2n) is 0.966. The van der Waals surface area contributed by atoms with E-state index in [4.69, 9.17) is 10.2 Å². The molecular weight excluding hydrogens is 135 g/mol. The van der Waals surface area contributed by atoms with E-state index in [0.717, 1.165) is 0 Å². The molecule has 0 aromatic heterocycles. The van der Waals surface area contributed by atoms with Gasteiger partial charge in [0, 0.05) is 0 Å². The first kappa shape index (κ1) is 7.94. The van der Waals surface area contributed by atoms with Crippen molar-refractivity contribution in [3.8, 4) is 0 Å². The topological polar surface area (TPSA) is 89.8 Å². The zero-order valence-electron chi connectivity index (χ0n) is 3.85. The highest BCUT2D eigenvalue weighted by atomic mass is 31.1. The fourth-order valence-corrected chi connectivity index (χ4v) is 0.398. The van der Waals surface area contributed by atoms with Crippen molar-refractivity contribution in [1.82, 2.24) is 0 Å². The summed E-state index contributed by atoms with van der Waals surface area (Å²) in [5.74, 6) is 0. The van der Waals surface area contributed by atoms with Crippen LogP contribution in [0.3, 0.4) is 0 Å². The second kappa shape index (κ2) is 3.88. The molecule has 2 N–H and O–H groups in total. The molecule has 48 valence electrons. The molecule has 0 spiro atoms. The molecule has 0 aliphatic carbocycles. The van der Waals surface area contributed by atoms with E-state index in [0.29, 0.717) is 0 Å². The van der Waals surface area contributed by atoms with Gasteiger partial charge in [-0.2, -0.15) is 0 Å². The summed E-state index contributed by atoms with van der Waals surface area (Å²) in [7, 11) is -3.06. The van der Waals surface area contributed by atoms with E-state index in [1.807, 2.05) is 0 Å². The van der Waals surface area contributed by atoms with Gasteiger partial charge < -0.3 is 15.1 Å². The third kappa shape index (κ3) is 4.11. The van der Waals surface area contributed by atoms with E-state index >= 15 is 0 Å². The normalized spacial score (nSPS) is 15.6. The molecule has 2 unspecified atom stereocenters. The van der Waals surface area contributed by atoms with Gasteiger partial charge in [-0.05, 0) is 4.57 Å². The Balaban J connectivity index is 3.24. The van der Waals surface area contributed by atoms with Gasteiger partial charge in [0.25, 0.3) is 0 Å². The highest BCUT2D eigenvalue weighted by molar-refractivity contribution is 7.30. The van der Waals surface area contributed by atoms with Gasteiger partial charge in [-0.1, -0.05) is 0 Å². The minimum absolute atomic E-state index is 0.719. The standard InChI is InChI=1S/C2H5O5P/c3-1-2(4)7-8(5)6/h2-4H,1H2. The van der Waals surface area contributed by atoms with E-state index in [1.165, 1.54) is 0 Å². The average Bonchev–Trinajstić information content (AvgIpc) is 1.65. The molecule has 8 heavy (non-hydrogen) atoms. The van der Waals surface area contributed by atoms with Crippen LogP contribution in [0.4, 0.5) is 0 Å². The van der Waals surface area contributed by atoms with Crippen molar-refractivity contribution < 1.29 is 24.2 Å². The predicted molar refractivity (Wildman–Crippen MR) is 21.8 cm³/mol. The summed E-state index contributed by atoms with van der Waals surface area (Å²) in [4.78, 5) is 9.51. The first-order valence-electron chi connectivity index (χ1n) is 1.77. The molecule has 6 heteroatoms. The Morgan fingerprint density at radius 2 is 2.38 bits per heavy atom. The SMILES string of the molecule is O=[P+]([O-])OC(O)CO. The number of hydrogen-bond acceptors (Lipinski definition) is 5. The summed E-state index contributed by atoms with van der Waals surface area (Å²) >= 11 is 0. The summed E-state index contributed by atoms with van der Waals surface area (Å²) in [5, 5.41) is 16.1. The Hall–Kier alpha value is -0.0600. The van der Waals surface area contributed by atoms with Crippen LogP contribution in [-0.2, 0) is 9.09 Å². The van der Waals surface area contributed by atoms with E-state index in [1.54, 1.807) is 0 Å². The maximum atomic E-state index is 9.51. The lowest BCUT2D eigenvalue weighted by Crippen LogP contribution is -2.14. The van der Waals surface area contributed by atoms with Crippen molar-refractivity contribution in [2.75, 3.05) is 6.61 Å². The largest absolute Gasteiger partial charge is 0.566 e. The van der Waals surface area contributed by atoms with Crippen molar-refractivity contribution in [2.24, 2.45) is 0 Å². The smallest absolute Gasteiger partial charge is 0.491 e. The summed E-state index contributed by atoms with van der Waals surface area (Å²) in [5.41, 5.74) is 0. The summed E-state index contributed by atoms with van der Waals surface area (Å²) < 4.78 is 13.2. The molecule has 0 aromatic carbocycles. The quantitative estimate of drug-likeness (QED) is 0.361. The molecule has 0 aromatic rings. The van der Waals surface area contributed by atoms with Crippen molar-refractivity contribution >= 4 is 8.25 Å². The van der Waals surface area contributed by atoms with Crippen LogP contribution in [0.25, 0.3) is 0 Å². The first-order chi connectivity index (χ1) is 3.66. The zero-order valence-corrected chi connectivity index (χ0v) is 4.75. The maximum Gasteiger partial charge on any atom is 0.491 e. The predicted octanol–water partition coefficient (Wildman–Crippen LogP) is -1.67. The third-order valence-electron chi connectivity index (χ3n) is 0.364. The Bertz CT molecular complexity index is 82.5. The van der Waals surface area contributed by atoms with Crippen LogP contribution < -0.4 is 4.89 Å². The van der Waals surface area contributed by atoms with Gasteiger partial charge in [-0.15, -0.1) is 4.52 Å². The number of rotatable bonds is 3. The molecule has 0 aliphatic heterocycles. The van der Waals surface area contributed by atoms with Gasteiger partial charge in [0.05, 0.1) is 6.61 Å². The third-order valence-corrected chi connectivity index (χ3v) is 0.779. The second-order valence-corrected chi connectivity index (χ2v) is 1.62. The molecule has 0 radical (unpaired) electrons. The average molecular weight is 140 g/mol. The molecule has 0 bridgehead atoms. The van der Waals surface area contributed by atoms with Gasteiger partial charge in [0.2, 0.25) is 6.29 Å². The van der Waals surface area contributed by atoms with Crippen molar-refractivity contribution in [3.63, 3.8) is 0 Å². The number of aliphatic hydroxyl groups excluding tert-OH is 2. The highest BCUT2D eigenvalue weighted by Crippen LogP contribution is 2.10. The molecule has 0 amide bonds. The highest BCUT2D eigenvalue weighted by Gasteiger charge is 2.10. The molecule has 0 fully saturated rings. The minimum atomic E-state index is -3.06. The summed E-state index contributed by atoms with van der Waals surface area (Å²) in [6, 6.07) is 0. The fraction of sp³-hybridized carbons (Fsp3) is 1.00. The van der Waals surface area contributed by atoms with Gasteiger partial charge in [0.15, 0.2) is 0 Å². The van der Waals surface area contributed by atoms with Crippen LogP contribution in [0, 0.1) is 0 Å². The van der Waals surface area contributed by atoms with Crippen molar-refractivity contribution in [1.29, 1.82) is 0 Å². The van der Waals surface area contributed by atoms with Crippen LogP contribution in [0.2, 0.25) is 0 Å². The van der Waals surface area contributed by atoms with Crippen LogP contribution in [0.5, 0.6) is 0 Å². The lowest BCUT2D eigenvalue weighted by Gasteiger charge is -1.96. The van der Waals surface area contributed by atoms with Gasteiger partial charge >= 0.3 is 8.25 Å². The maximum absolute atomic E-state index is 9.51. The van der Waals surface area contributed by atoms with Crippen molar-refractivity contribution in [3.05, 3.63) is 0 Å². The van der Waals surface area contributed by atoms with Gasteiger partial charge in [-0.3, -0.25) is 0 Å². The molecule has 0 saturated carbocycles. The first-order valence-corrected chi connectivity index (χ1v) is 2.86. The minimum Gasteiger partial charge on any atom is -0.566 e. The fourth-order valence-electron chi connectivity index (χ4n) is 0.133. The molecule has 5 nitrogen and oxygen atoms in total. The zero-order chi connectivity index (χ0) is 6.57. The molecular formula is C2H5O5P. The Kier molecular flexibility index (Phi) is 3.85. The van der Waals surface area contributed by atoms with Gasteiger partial charge in [-0.25, -0.2) is 0 Å². The van der Waals surface area contributed by atoms with E-state index in [9.17, 15) is 9.46 Å². The van der Waals surface area contributed by atoms with Crippen LogP contribution >= 0.6 is 8.25 Å². The monoisotopic (exact) mass is 140 g/mol. The van der Waals surface area contributed by atoms with Crippen LogP contribution in [-0.4, -0.2) is 23.1 Å². The molecule has 0 rings (SSSR count). The lowest BCUT2D eigenvalue weighted by molar-refractivity contribution is -0.203. The Labute approximate surface area is 46.5 Å². The molecule has 0 aliphatic rings. The lowest BCUT2D eigenvalue weighted by atomic mass is 10.7. The van der Waals surface area contributed by atoms with E-state index in [2.05, 4.69) is 4.52 Å². The number of hydrogen-bond donors (Lipinski definition) is 2. The van der Waals surface area contributed by atoms with E-state index < -0.39 is 21.2 Å².